The molecule has 1 aliphatic rings. The van der Waals surface area contributed by atoms with Crippen LogP contribution in [0.15, 0.2) is 59.2 Å². The second-order valence-electron chi connectivity index (χ2n) is 7.23. The summed E-state index contributed by atoms with van der Waals surface area (Å²) in [6, 6.07) is 12.2. The van der Waals surface area contributed by atoms with E-state index in [4.69, 9.17) is 18.6 Å². The third-order valence-corrected chi connectivity index (χ3v) is 5.12. The van der Waals surface area contributed by atoms with Crippen molar-refractivity contribution in [3.05, 3.63) is 77.2 Å². The van der Waals surface area contributed by atoms with Gasteiger partial charge in [-0.25, -0.2) is 4.79 Å². The van der Waals surface area contributed by atoms with Crippen molar-refractivity contribution < 1.29 is 37.8 Å². The van der Waals surface area contributed by atoms with Gasteiger partial charge < -0.3 is 23.9 Å². The maximum atomic E-state index is 12.7. The third kappa shape index (κ3) is 4.46. The van der Waals surface area contributed by atoms with Gasteiger partial charge in [-0.3, -0.25) is 19.3 Å². The quantitative estimate of drug-likeness (QED) is 0.399. The molecular weight excluding hydrogens is 444 g/mol. The van der Waals surface area contributed by atoms with Crippen LogP contribution in [0.1, 0.15) is 36.8 Å². The molecule has 0 spiro atoms. The molecule has 10 nitrogen and oxygen atoms in total. The molecule has 2 heterocycles. The number of furan rings is 1. The summed E-state index contributed by atoms with van der Waals surface area (Å²) in [7, 11) is 2.94. The Morgan fingerprint density at radius 1 is 0.971 bits per heavy atom. The van der Waals surface area contributed by atoms with Crippen LogP contribution in [0.2, 0.25) is 0 Å². The number of hydrogen-bond donors (Lipinski definition) is 1. The summed E-state index contributed by atoms with van der Waals surface area (Å²) in [6.45, 7) is -0.596. The highest BCUT2D eigenvalue weighted by atomic mass is 16.5. The van der Waals surface area contributed by atoms with Crippen LogP contribution in [0.25, 0.3) is 0 Å². The van der Waals surface area contributed by atoms with E-state index in [2.05, 4.69) is 5.32 Å². The number of hydrogen-bond acceptors (Lipinski definition) is 8. The van der Waals surface area contributed by atoms with Gasteiger partial charge in [-0.1, -0.05) is 0 Å². The third-order valence-electron chi connectivity index (χ3n) is 5.12. The van der Waals surface area contributed by atoms with Crippen LogP contribution in [0.4, 0.5) is 5.69 Å². The molecule has 0 aliphatic carbocycles. The van der Waals surface area contributed by atoms with Crippen LogP contribution in [0.3, 0.4) is 0 Å². The second-order valence-corrected chi connectivity index (χ2v) is 7.23. The molecule has 1 aliphatic heterocycles. The molecule has 1 N–H and O–H groups in total. The number of amides is 3. The van der Waals surface area contributed by atoms with Crippen molar-refractivity contribution in [1.29, 1.82) is 0 Å². The van der Waals surface area contributed by atoms with Crippen molar-refractivity contribution in [2.24, 2.45) is 0 Å². The van der Waals surface area contributed by atoms with Crippen molar-refractivity contribution in [3.63, 3.8) is 0 Å². The van der Waals surface area contributed by atoms with E-state index in [0.717, 1.165) is 4.90 Å². The van der Waals surface area contributed by atoms with Crippen LogP contribution < -0.4 is 14.8 Å². The molecule has 0 fully saturated rings. The zero-order valence-corrected chi connectivity index (χ0v) is 18.3. The molecule has 1 aromatic heterocycles. The van der Waals surface area contributed by atoms with Crippen LogP contribution in [-0.4, -0.2) is 49.4 Å². The topological polar surface area (TPSA) is 124 Å². The number of nitrogens with one attached hydrogen (secondary N) is 1. The highest BCUT2D eigenvalue weighted by Gasteiger charge is 2.36. The maximum Gasteiger partial charge on any atom is 0.338 e. The molecule has 34 heavy (non-hydrogen) atoms. The zero-order chi connectivity index (χ0) is 24.2. The van der Waals surface area contributed by atoms with Crippen molar-refractivity contribution in [2.45, 2.75) is 6.54 Å². The molecule has 4 rings (SSSR count). The summed E-state index contributed by atoms with van der Waals surface area (Å²) < 4.78 is 20.6. The second kappa shape index (κ2) is 9.49. The molecule has 0 unspecified atom stereocenters. The lowest BCUT2D eigenvalue weighted by Gasteiger charge is -2.12. The number of imide groups is 1. The Kier molecular flexibility index (Phi) is 6.30. The fourth-order valence-corrected chi connectivity index (χ4v) is 3.43. The van der Waals surface area contributed by atoms with Crippen LogP contribution in [0, 0.1) is 0 Å². The molecule has 3 amide bonds. The monoisotopic (exact) mass is 464 g/mol. The smallest absolute Gasteiger partial charge is 0.338 e. The molecule has 10 heteroatoms. The van der Waals surface area contributed by atoms with E-state index in [-0.39, 0.29) is 23.2 Å². The molecule has 0 atom stereocenters. The largest absolute Gasteiger partial charge is 0.497 e. The highest BCUT2D eigenvalue weighted by Crippen LogP contribution is 2.29. The van der Waals surface area contributed by atoms with E-state index in [1.54, 1.807) is 30.3 Å². The van der Waals surface area contributed by atoms with E-state index < -0.39 is 30.3 Å². The number of ether oxygens (including phenoxy) is 3. The predicted octanol–water partition coefficient (Wildman–Crippen LogP) is 2.89. The first-order valence-electron chi connectivity index (χ1n) is 10.1. The van der Waals surface area contributed by atoms with Crippen molar-refractivity contribution in [1.82, 2.24) is 4.90 Å². The van der Waals surface area contributed by atoms with E-state index in [9.17, 15) is 19.2 Å². The lowest BCUT2D eigenvalue weighted by Crippen LogP contribution is -2.28. The Morgan fingerprint density at radius 2 is 1.76 bits per heavy atom. The van der Waals surface area contributed by atoms with Crippen molar-refractivity contribution >= 4 is 29.4 Å². The normalized spacial score (nSPS) is 12.4. The number of esters is 1. The van der Waals surface area contributed by atoms with E-state index >= 15 is 0 Å². The minimum absolute atomic E-state index is 0.0208. The average molecular weight is 464 g/mol. The fraction of sp³-hybridized carbons (Fsp3) is 0.167. The lowest BCUT2D eigenvalue weighted by atomic mass is 10.1. The average Bonchev–Trinajstić information content (AvgIpc) is 3.45. The summed E-state index contributed by atoms with van der Waals surface area (Å²) in [5.74, 6) is -1.09. The standard InChI is InChI=1S/C24H20N2O8/c1-31-15-6-8-20(32-2)19(11-15)25-21(27)13-34-24(30)14-5-7-17-18(10-14)23(29)26(22(17)28)12-16-4-3-9-33-16/h3-11H,12-13H2,1-2H3,(H,25,27). The van der Waals surface area contributed by atoms with Gasteiger partial charge in [-0.2, -0.15) is 0 Å². The van der Waals surface area contributed by atoms with Gasteiger partial charge in [0.25, 0.3) is 17.7 Å². The Morgan fingerprint density at radius 3 is 2.47 bits per heavy atom. The van der Waals surface area contributed by atoms with Gasteiger partial charge in [0.1, 0.15) is 17.3 Å². The first-order chi connectivity index (χ1) is 16.4. The molecule has 0 saturated carbocycles. The minimum Gasteiger partial charge on any atom is -0.497 e. The minimum atomic E-state index is -0.819. The molecule has 3 aromatic rings. The van der Waals surface area contributed by atoms with Gasteiger partial charge >= 0.3 is 5.97 Å². The maximum absolute atomic E-state index is 12.7. The summed E-state index contributed by atoms with van der Waals surface area (Å²) >= 11 is 0. The Bertz CT molecular complexity index is 1270. The Labute approximate surface area is 194 Å². The number of rotatable bonds is 8. The van der Waals surface area contributed by atoms with Gasteiger partial charge in [-0.15, -0.1) is 0 Å². The van der Waals surface area contributed by atoms with Gasteiger partial charge in [0.05, 0.1) is 49.4 Å². The van der Waals surface area contributed by atoms with E-state index in [1.807, 2.05) is 0 Å². The predicted molar refractivity (Wildman–Crippen MR) is 118 cm³/mol. The number of anilines is 1. The van der Waals surface area contributed by atoms with E-state index in [0.29, 0.717) is 22.9 Å². The molecule has 0 radical (unpaired) electrons. The highest BCUT2D eigenvalue weighted by molar-refractivity contribution is 6.21. The molecular formula is C24H20N2O8. The van der Waals surface area contributed by atoms with Crippen molar-refractivity contribution in [3.8, 4) is 11.5 Å². The molecule has 0 saturated heterocycles. The number of fused-ring (bicyclic) bond motifs is 1. The Hall–Kier alpha value is -4.60. The zero-order valence-electron chi connectivity index (χ0n) is 18.3. The summed E-state index contributed by atoms with van der Waals surface area (Å²) in [5, 5.41) is 2.59. The first-order valence-corrected chi connectivity index (χ1v) is 10.1. The summed E-state index contributed by atoms with van der Waals surface area (Å²) in [5.41, 5.74) is 0.639. The number of carbonyl (C=O) groups is 4. The van der Waals surface area contributed by atoms with Gasteiger partial charge in [0.15, 0.2) is 6.61 Å². The molecule has 174 valence electrons. The fourth-order valence-electron chi connectivity index (χ4n) is 3.43. The van der Waals surface area contributed by atoms with Crippen LogP contribution >= 0.6 is 0 Å². The van der Waals surface area contributed by atoms with Gasteiger partial charge in [0.2, 0.25) is 0 Å². The van der Waals surface area contributed by atoms with Crippen LogP contribution in [0.5, 0.6) is 11.5 Å². The summed E-state index contributed by atoms with van der Waals surface area (Å²) in [6.07, 6.45) is 1.45. The molecule has 0 bridgehead atoms. The number of nitrogens with zero attached hydrogens (tertiary/aromatic N) is 1. The lowest BCUT2D eigenvalue weighted by molar-refractivity contribution is -0.119. The number of methoxy groups -OCH3 is 2. The SMILES string of the molecule is COc1ccc(OC)c(NC(=O)COC(=O)c2ccc3c(c2)C(=O)N(Cc2ccco2)C3=O)c1. The van der Waals surface area contributed by atoms with Crippen molar-refractivity contribution in [2.75, 3.05) is 26.1 Å². The number of benzene rings is 2. The van der Waals surface area contributed by atoms with Crippen LogP contribution in [-0.2, 0) is 16.1 Å². The molecule has 2 aromatic carbocycles. The summed E-state index contributed by atoms with van der Waals surface area (Å²) in [4.78, 5) is 51.1. The first kappa shape index (κ1) is 22.6. The number of carbonyl (C=O) groups excluding carboxylic acids is 4. The van der Waals surface area contributed by atoms with E-state index in [1.165, 1.54) is 38.7 Å². The van der Waals surface area contributed by atoms with Gasteiger partial charge in [0, 0.05) is 6.07 Å². The van der Waals surface area contributed by atoms with Gasteiger partial charge in [-0.05, 0) is 42.5 Å². The Balaban J connectivity index is 1.41.